The van der Waals surface area contributed by atoms with Crippen molar-refractivity contribution < 1.29 is 14.7 Å². The van der Waals surface area contributed by atoms with Crippen molar-refractivity contribution in [3.8, 4) is 0 Å². The lowest BCUT2D eigenvalue weighted by atomic mass is 9.93. The standard InChI is InChI=1S/C13H21N3O3S/c1-5-13(6-2,10(17)18)16-11(19)15-12(3,4)9-14-7-8-20-9/h7-8H,5-6H2,1-4H3,(H,17,18)(H2,15,16,19). The number of hydrogen-bond donors (Lipinski definition) is 3. The molecule has 1 aromatic rings. The normalized spacial score (nSPS) is 12.0. The van der Waals surface area contributed by atoms with Crippen molar-refractivity contribution in [3.63, 3.8) is 0 Å². The molecule has 0 saturated heterocycles. The first-order valence-corrected chi connectivity index (χ1v) is 7.39. The van der Waals surface area contributed by atoms with Crippen LogP contribution in [0.25, 0.3) is 0 Å². The van der Waals surface area contributed by atoms with Gasteiger partial charge in [-0.2, -0.15) is 0 Å². The highest BCUT2D eigenvalue weighted by molar-refractivity contribution is 7.09. The molecule has 0 unspecified atom stereocenters. The van der Waals surface area contributed by atoms with Gasteiger partial charge in [-0.25, -0.2) is 14.6 Å². The van der Waals surface area contributed by atoms with Gasteiger partial charge in [0, 0.05) is 11.6 Å². The third-order valence-electron chi connectivity index (χ3n) is 3.36. The lowest BCUT2D eigenvalue weighted by molar-refractivity contribution is -0.144. The van der Waals surface area contributed by atoms with E-state index in [1.165, 1.54) is 11.3 Å². The van der Waals surface area contributed by atoms with Gasteiger partial charge in [-0.1, -0.05) is 13.8 Å². The zero-order valence-corrected chi connectivity index (χ0v) is 13.0. The summed E-state index contributed by atoms with van der Waals surface area (Å²) in [5.41, 5.74) is -1.88. The number of carboxylic acids is 1. The van der Waals surface area contributed by atoms with Gasteiger partial charge in [0.05, 0.1) is 5.54 Å². The molecule has 7 heteroatoms. The predicted octanol–water partition coefficient (Wildman–Crippen LogP) is 2.32. The van der Waals surface area contributed by atoms with Gasteiger partial charge in [0.25, 0.3) is 0 Å². The third-order valence-corrected chi connectivity index (χ3v) is 4.46. The average molecular weight is 299 g/mol. The van der Waals surface area contributed by atoms with Crippen molar-refractivity contribution >= 4 is 23.3 Å². The van der Waals surface area contributed by atoms with Gasteiger partial charge in [0.15, 0.2) is 0 Å². The second kappa shape index (κ2) is 6.21. The van der Waals surface area contributed by atoms with Crippen LogP contribution >= 0.6 is 11.3 Å². The maximum atomic E-state index is 12.1. The van der Waals surface area contributed by atoms with E-state index in [1.807, 2.05) is 19.2 Å². The maximum Gasteiger partial charge on any atom is 0.329 e. The maximum absolute atomic E-state index is 12.1. The number of carboxylic acid groups (broad SMARTS) is 1. The van der Waals surface area contributed by atoms with Crippen molar-refractivity contribution in [2.24, 2.45) is 0 Å². The Morgan fingerprint density at radius 1 is 1.30 bits per heavy atom. The molecule has 1 aromatic heterocycles. The molecule has 1 rings (SSSR count). The van der Waals surface area contributed by atoms with Crippen LogP contribution in [0, 0.1) is 0 Å². The first-order chi connectivity index (χ1) is 9.27. The van der Waals surface area contributed by atoms with Crippen LogP contribution in [0.3, 0.4) is 0 Å². The van der Waals surface area contributed by atoms with Crippen LogP contribution in [0.1, 0.15) is 45.5 Å². The molecule has 0 saturated carbocycles. The Morgan fingerprint density at radius 2 is 1.90 bits per heavy atom. The number of aliphatic carboxylic acids is 1. The Labute approximate surface area is 122 Å². The van der Waals surface area contributed by atoms with E-state index in [-0.39, 0.29) is 0 Å². The summed E-state index contributed by atoms with van der Waals surface area (Å²) >= 11 is 1.44. The number of amides is 2. The van der Waals surface area contributed by atoms with Crippen LogP contribution in [0.2, 0.25) is 0 Å². The monoisotopic (exact) mass is 299 g/mol. The number of nitrogens with one attached hydrogen (secondary N) is 2. The van der Waals surface area contributed by atoms with Crippen LogP contribution in [-0.2, 0) is 10.3 Å². The number of rotatable bonds is 6. The van der Waals surface area contributed by atoms with Gasteiger partial charge >= 0.3 is 12.0 Å². The average Bonchev–Trinajstić information content (AvgIpc) is 2.89. The Kier molecular flexibility index (Phi) is 5.10. The molecular formula is C13H21N3O3S. The SMILES string of the molecule is CCC(CC)(NC(=O)NC(C)(C)c1nccs1)C(=O)O. The summed E-state index contributed by atoms with van der Waals surface area (Å²) in [6.07, 6.45) is 2.31. The number of aromatic nitrogens is 1. The summed E-state index contributed by atoms with van der Waals surface area (Å²) in [4.78, 5) is 27.6. The minimum Gasteiger partial charge on any atom is -0.480 e. The fourth-order valence-electron chi connectivity index (χ4n) is 1.90. The Bertz CT molecular complexity index is 467. The molecule has 3 N–H and O–H groups in total. The number of nitrogens with zero attached hydrogens (tertiary/aromatic N) is 1. The summed E-state index contributed by atoms with van der Waals surface area (Å²) in [6, 6.07) is -0.503. The van der Waals surface area contributed by atoms with Crippen LogP contribution < -0.4 is 10.6 Å². The second-order valence-corrected chi connectivity index (χ2v) is 6.03. The fraction of sp³-hybridized carbons (Fsp3) is 0.615. The Balaban J connectivity index is 2.79. The molecule has 2 amide bonds. The summed E-state index contributed by atoms with van der Waals surface area (Å²) < 4.78 is 0. The van der Waals surface area contributed by atoms with Crippen molar-refractivity contribution in [2.45, 2.75) is 51.6 Å². The molecule has 0 aliphatic carbocycles. The van der Waals surface area contributed by atoms with Gasteiger partial charge in [0.1, 0.15) is 10.5 Å². The quantitative estimate of drug-likeness (QED) is 0.751. The van der Waals surface area contributed by atoms with E-state index in [2.05, 4.69) is 15.6 Å². The van der Waals surface area contributed by atoms with Crippen LogP contribution in [0.5, 0.6) is 0 Å². The molecule has 0 atom stereocenters. The van der Waals surface area contributed by atoms with E-state index in [9.17, 15) is 14.7 Å². The highest BCUT2D eigenvalue weighted by Crippen LogP contribution is 2.22. The van der Waals surface area contributed by atoms with Crippen LogP contribution in [0.15, 0.2) is 11.6 Å². The zero-order chi connectivity index (χ0) is 15.4. The van der Waals surface area contributed by atoms with Crippen molar-refractivity contribution in [2.75, 3.05) is 0 Å². The van der Waals surface area contributed by atoms with E-state index in [4.69, 9.17) is 0 Å². The van der Waals surface area contributed by atoms with E-state index in [0.717, 1.165) is 5.01 Å². The van der Waals surface area contributed by atoms with Crippen molar-refractivity contribution in [1.82, 2.24) is 15.6 Å². The molecule has 6 nitrogen and oxygen atoms in total. The number of carbonyl (C=O) groups excluding carboxylic acids is 1. The minimum atomic E-state index is -1.23. The summed E-state index contributed by atoms with van der Waals surface area (Å²) in [6.45, 7) is 7.13. The van der Waals surface area contributed by atoms with Gasteiger partial charge in [-0.15, -0.1) is 11.3 Å². The number of urea groups is 1. The molecule has 0 aromatic carbocycles. The van der Waals surface area contributed by atoms with E-state index < -0.39 is 23.1 Å². The van der Waals surface area contributed by atoms with Gasteiger partial charge in [0.2, 0.25) is 0 Å². The molecule has 1 heterocycles. The molecule has 20 heavy (non-hydrogen) atoms. The number of thiazole rings is 1. The first kappa shape index (κ1) is 16.4. The number of hydrogen-bond acceptors (Lipinski definition) is 4. The highest BCUT2D eigenvalue weighted by atomic mass is 32.1. The molecule has 0 aliphatic rings. The molecular weight excluding hydrogens is 278 g/mol. The zero-order valence-electron chi connectivity index (χ0n) is 12.2. The molecule has 0 radical (unpaired) electrons. The largest absolute Gasteiger partial charge is 0.480 e. The van der Waals surface area contributed by atoms with Gasteiger partial charge < -0.3 is 15.7 Å². The van der Waals surface area contributed by atoms with Crippen LogP contribution in [0.4, 0.5) is 4.79 Å². The lowest BCUT2D eigenvalue weighted by Crippen LogP contribution is -2.58. The number of carbonyl (C=O) groups is 2. The molecule has 0 spiro atoms. The summed E-state index contributed by atoms with van der Waals surface area (Å²) in [7, 11) is 0. The first-order valence-electron chi connectivity index (χ1n) is 6.51. The lowest BCUT2D eigenvalue weighted by Gasteiger charge is -2.31. The predicted molar refractivity (Wildman–Crippen MR) is 77.8 cm³/mol. The Morgan fingerprint density at radius 3 is 2.30 bits per heavy atom. The van der Waals surface area contributed by atoms with E-state index >= 15 is 0 Å². The summed E-state index contributed by atoms with van der Waals surface area (Å²) in [5, 5.41) is 17.2. The Hall–Kier alpha value is -1.63. The van der Waals surface area contributed by atoms with Crippen molar-refractivity contribution in [3.05, 3.63) is 16.6 Å². The van der Waals surface area contributed by atoms with Gasteiger partial charge in [-0.3, -0.25) is 0 Å². The molecule has 112 valence electrons. The molecule has 0 aliphatic heterocycles. The third kappa shape index (κ3) is 3.47. The van der Waals surface area contributed by atoms with Crippen LogP contribution in [-0.4, -0.2) is 27.6 Å². The minimum absolute atomic E-state index is 0.323. The molecule has 0 fully saturated rings. The van der Waals surface area contributed by atoms with E-state index in [0.29, 0.717) is 12.8 Å². The van der Waals surface area contributed by atoms with E-state index in [1.54, 1.807) is 20.0 Å². The topological polar surface area (TPSA) is 91.3 Å². The summed E-state index contributed by atoms with van der Waals surface area (Å²) in [5.74, 6) is -1.02. The van der Waals surface area contributed by atoms with Gasteiger partial charge in [-0.05, 0) is 26.7 Å². The smallest absolute Gasteiger partial charge is 0.329 e. The second-order valence-electron chi connectivity index (χ2n) is 5.14. The highest BCUT2D eigenvalue weighted by Gasteiger charge is 2.37. The molecule has 0 bridgehead atoms. The fourth-order valence-corrected chi connectivity index (χ4v) is 2.62. The van der Waals surface area contributed by atoms with Crippen molar-refractivity contribution in [1.29, 1.82) is 0 Å².